The van der Waals surface area contributed by atoms with Crippen molar-refractivity contribution in [2.24, 2.45) is 0 Å². The number of benzene rings is 2. The zero-order chi connectivity index (χ0) is 23.1. The zero-order valence-corrected chi connectivity index (χ0v) is 20.6. The molecule has 0 amide bonds. The summed E-state index contributed by atoms with van der Waals surface area (Å²) in [5.41, 5.74) is 8.61. The molecular weight excluding hydrogens is 392 g/mol. The Hall–Kier alpha value is -2.65. The number of hydrogen-bond donors (Lipinski definition) is 0. The van der Waals surface area contributed by atoms with Crippen molar-refractivity contribution < 1.29 is 4.74 Å². The van der Waals surface area contributed by atoms with E-state index in [0.29, 0.717) is 0 Å². The van der Waals surface area contributed by atoms with E-state index in [-0.39, 0.29) is 6.10 Å². The van der Waals surface area contributed by atoms with E-state index in [2.05, 4.69) is 101 Å². The van der Waals surface area contributed by atoms with Crippen LogP contribution in [-0.2, 0) is 25.8 Å². The molecule has 0 aliphatic heterocycles. The molecular formula is C29H38N2O. The minimum absolute atomic E-state index is 0.116. The van der Waals surface area contributed by atoms with Crippen molar-refractivity contribution in [1.29, 1.82) is 0 Å². The Morgan fingerprint density at radius 1 is 0.938 bits per heavy atom. The van der Waals surface area contributed by atoms with Crippen LogP contribution in [0.5, 0.6) is 5.75 Å². The number of aryl methyl sites for hydroxylation is 3. The van der Waals surface area contributed by atoms with Gasteiger partial charge in [0.25, 0.3) is 0 Å². The molecule has 32 heavy (non-hydrogen) atoms. The molecule has 0 N–H and O–H groups in total. The zero-order valence-electron chi connectivity index (χ0n) is 20.6. The number of ether oxygens (including phenoxy) is 1. The van der Waals surface area contributed by atoms with Gasteiger partial charge in [0, 0.05) is 36.0 Å². The van der Waals surface area contributed by atoms with E-state index < -0.39 is 0 Å². The fraction of sp³-hybridized carbons (Fsp3) is 0.414. The summed E-state index contributed by atoms with van der Waals surface area (Å²) in [6.45, 7) is 12.6. The third-order valence-electron chi connectivity index (χ3n) is 5.96. The summed E-state index contributed by atoms with van der Waals surface area (Å²) in [4.78, 5) is 7.46. The van der Waals surface area contributed by atoms with E-state index >= 15 is 0 Å². The van der Waals surface area contributed by atoms with Gasteiger partial charge in [0.15, 0.2) is 0 Å². The highest BCUT2D eigenvalue weighted by Crippen LogP contribution is 2.33. The van der Waals surface area contributed by atoms with Gasteiger partial charge in [-0.3, -0.25) is 4.98 Å². The van der Waals surface area contributed by atoms with Crippen LogP contribution in [0, 0.1) is 6.92 Å². The van der Waals surface area contributed by atoms with Gasteiger partial charge in [-0.25, -0.2) is 0 Å². The van der Waals surface area contributed by atoms with Crippen LogP contribution in [0.2, 0.25) is 0 Å². The lowest BCUT2D eigenvalue weighted by molar-refractivity contribution is 0.233. The highest BCUT2D eigenvalue weighted by Gasteiger charge is 2.18. The molecule has 0 aliphatic rings. The van der Waals surface area contributed by atoms with Gasteiger partial charge in [0.1, 0.15) is 5.75 Å². The summed E-state index contributed by atoms with van der Waals surface area (Å²) in [5.74, 6) is 0.960. The first-order valence-electron chi connectivity index (χ1n) is 11.9. The minimum atomic E-state index is 0.116. The van der Waals surface area contributed by atoms with Crippen molar-refractivity contribution in [1.82, 2.24) is 9.88 Å². The van der Waals surface area contributed by atoms with Crippen molar-refractivity contribution in [3.8, 4) is 17.0 Å². The molecule has 0 saturated carbocycles. The first kappa shape index (κ1) is 24.0. The SMILES string of the molecule is CCc1cccc(CC)c1-c1cc(OC(C)C)c(CN(C)CCc2ccccc2)c(C)n1. The predicted octanol–water partition coefficient (Wildman–Crippen LogP) is 6.64. The van der Waals surface area contributed by atoms with Gasteiger partial charge in [-0.15, -0.1) is 0 Å². The molecule has 3 aromatic rings. The van der Waals surface area contributed by atoms with E-state index in [9.17, 15) is 0 Å². The lowest BCUT2D eigenvalue weighted by Crippen LogP contribution is -2.22. The van der Waals surface area contributed by atoms with Crippen LogP contribution in [0.25, 0.3) is 11.3 Å². The highest BCUT2D eigenvalue weighted by molar-refractivity contribution is 5.70. The Kier molecular flexibility index (Phi) is 8.46. The standard InChI is InChI=1S/C29H38N2O/c1-7-24-15-12-16-25(8-2)29(24)27-19-28(32-21(3)4)26(22(5)30-27)20-31(6)18-17-23-13-10-9-11-14-23/h9-16,19,21H,7-8,17-18,20H2,1-6H3. The molecule has 0 spiro atoms. The molecule has 1 heterocycles. The van der Waals surface area contributed by atoms with Gasteiger partial charge < -0.3 is 9.64 Å². The molecule has 0 atom stereocenters. The number of rotatable bonds is 10. The molecule has 1 aromatic heterocycles. The third kappa shape index (κ3) is 5.98. The lowest BCUT2D eigenvalue weighted by Gasteiger charge is -2.23. The molecule has 3 rings (SSSR count). The van der Waals surface area contributed by atoms with E-state index in [1.165, 1.54) is 27.8 Å². The highest BCUT2D eigenvalue weighted by atomic mass is 16.5. The van der Waals surface area contributed by atoms with Crippen molar-refractivity contribution >= 4 is 0 Å². The van der Waals surface area contributed by atoms with Crippen LogP contribution in [-0.4, -0.2) is 29.6 Å². The van der Waals surface area contributed by atoms with Gasteiger partial charge in [-0.2, -0.15) is 0 Å². The molecule has 0 radical (unpaired) electrons. The Balaban J connectivity index is 1.92. The Morgan fingerprint density at radius 2 is 1.59 bits per heavy atom. The third-order valence-corrected chi connectivity index (χ3v) is 5.96. The monoisotopic (exact) mass is 430 g/mol. The molecule has 3 nitrogen and oxygen atoms in total. The number of hydrogen-bond acceptors (Lipinski definition) is 3. The van der Waals surface area contributed by atoms with Crippen molar-refractivity contribution in [2.45, 2.75) is 66.5 Å². The van der Waals surface area contributed by atoms with Crippen LogP contribution in [0.1, 0.15) is 55.6 Å². The van der Waals surface area contributed by atoms with Gasteiger partial charge >= 0.3 is 0 Å². The quantitative estimate of drug-likeness (QED) is 0.360. The largest absolute Gasteiger partial charge is 0.491 e. The van der Waals surface area contributed by atoms with E-state index in [1.54, 1.807) is 0 Å². The molecule has 0 unspecified atom stereocenters. The molecule has 0 bridgehead atoms. The topological polar surface area (TPSA) is 25.4 Å². The molecule has 3 heteroatoms. The average molecular weight is 431 g/mol. The van der Waals surface area contributed by atoms with Crippen molar-refractivity contribution in [3.05, 3.63) is 82.5 Å². The fourth-order valence-electron chi connectivity index (χ4n) is 4.23. The molecule has 0 fully saturated rings. The molecule has 0 saturated heterocycles. The van der Waals surface area contributed by atoms with Crippen molar-refractivity contribution in [3.63, 3.8) is 0 Å². The Bertz CT molecular complexity index is 989. The maximum absolute atomic E-state index is 6.33. The number of nitrogens with zero attached hydrogens (tertiary/aromatic N) is 2. The summed E-state index contributed by atoms with van der Waals surface area (Å²) in [5, 5.41) is 0. The Morgan fingerprint density at radius 3 is 2.19 bits per heavy atom. The van der Waals surface area contributed by atoms with Gasteiger partial charge in [0.2, 0.25) is 0 Å². The fourth-order valence-corrected chi connectivity index (χ4v) is 4.23. The smallest absolute Gasteiger partial charge is 0.128 e. The van der Waals surface area contributed by atoms with Crippen LogP contribution >= 0.6 is 0 Å². The van der Waals surface area contributed by atoms with Crippen LogP contribution in [0.4, 0.5) is 0 Å². The molecule has 170 valence electrons. The molecule has 2 aromatic carbocycles. The van der Waals surface area contributed by atoms with E-state index in [1.807, 2.05) is 0 Å². The van der Waals surface area contributed by atoms with Crippen molar-refractivity contribution in [2.75, 3.05) is 13.6 Å². The maximum atomic E-state index is 6.33. The summed E-state index contributed by atoms with van der Waals surface area (Å²) < 4.78 is 6.33. The van der Waals surface area contributed by atoms with E-state index in [4.69, 9.17) is 9.72 Å². The Labute approximate surface area is 194 Å². The van der Waals surface area contributed by atoms with Gasteiger partial charge in [0.05, 0.1) is 11.8 Å². The van der Waals surface area contributed by atoms with E-state index in [0.717, 1.165) is 49.5 Å². The maximum Gasteiger partial charge on any atom is 0.128 e. The van der Waals surface area contributed by atoms with Gasteiger partial charge in [-0.05, 0) is 63.8 Å². The number of pyridine rings is 1. The van der Waals surface area contributed by atoms with Crippen LogP contribution in [0.15, 0.2) is 54.6 Å². The first-order valence-corrected chi connectivity index (χ1v) is 11.9. The summed E-state index contributed by atoms with van der Waals surface area (Å²) in [6.07, 6.45) is 3.14. The van der Waals surface area contributed by atoms with Crippen LogP contribution < -0.4 is 4.74 Å². The summed E-state index contributed by atoms with van der Waals surface area (Å²) in [6, 6.07) is 19.4. The second-order valence-corrected chi connectivity index (χ2v) is 8.87. The van der Waals surface area contributed by atoms with Gasteiger partial charge in [-0.1, -0.05) is 62.4 Å². The predicted molar refractivity (Wildman–Crippen MR) is 135 cm³/mol. The first-order chi connectivity index (χ1) is 15.4. The second-order valence-electron chi connectivity index (χ2n) is 8.87. The summed E-state index contributed by atoms with van der Waals surface area (Å²) in [7, 11) is 2.18. The lowest BCUT2D eigenvalue weighted by atomic mass is 9.94. The normalized spacial score (nSPS) is 11.4. The summed E-state index contributed by atoms with van der Waals surface area (Å²) >= 11 is 0. The number of aromatic nitrogens is 1. The molecule has 0 aliphatic carbocycles. The second kappa shape index (κ2) is 11.3. The minimum Gasteiger partial charge on any atom is -0.491 e. The number of likely N-dealkylation sites (N-methyl/N-ethyl adjacent to an activating group) is 1. The average Bonchev–Trinajstić information content (AvgIpc) is 2.79. The van der Waals surface area contributed by atoms with Crippen LogP contribution in [0.3, 0.4) is 0 Å².